The molecule has 1 unspecified atom stereocenters. The summed E-state index contributed by atoms with van der Waals surface area (Å²) in [4.78, 5) is 14.2. The van der Waals surface area contributed by atoms with Gasteiger partial charge in [-0.1, -0.05) is 13.8 Å². The maximum absolute atomic E-state index is 12.1. The Hall–Kier alpha value is -1.55. The molecular formula is C15H25N3O. The van der Waals surface area contributed by atoms with Crippen molar-refractivity contribution in [1.29, 1.82) is 0 Å². The van der Waals surface area contributed by atoms with E-state index in [9.17, 15) is 4.79 Å². The summed E-state index contributed by atoms with van der Waals surface area (Å²) in [6.45, 7) is 9.60. The molecule has 0 radical (unpaired) electrons. The normalized spacial score (nSPS) is 12.5. The highest BCUT2D eigenvalue weighted by Gasteiger charge is 2.14. The number of nitrogen functional groups attached to an aromatic ring is 1. The molecule has 0 bridgehead atoms. The van der Waals surface area contributed by atoms with Crippen LogP contribution < -0.4 is 11.1 Å². The molecular weight excluding hydrogens is 238 g/mol. The lowest BCUT2D eigenvalue weighted by Gasteiger charge is -2.26. The highest BCUT2D eigenvalue weighted by molar-refractivity contribution is 5.93. The number of benzene rings is 1. The summed E-state index contributed by atoms with van der Waals surface area (Å²) in [6, 6.07) is 5.93. The van der Waals surface area contributed by atoms with Crippen LogP contribution in [0.15, 0.2) is 18.2 Å². The van der Waals surface area contributed by atoms with Crippen molar-refractivity contribution >= 4 is 17.3 Å². The Morgan fingerprint density at radius 2 is 2.11 bits per heavy atom. The van der Waals surface area contributed by atoms with Crippen LogP contribution in [0, 0.1) is 6.92 Å². The van der Waals surface area contributed by atoms with Crippen LogP contribution in [0.25, 0.3) is 0 Å². The second-order valence-electron chi connectivity index (χ2n) is 4.94. The molecule has 0 fully saturated rings. The van der Waals surface area contributed by atoms with E-state index in [2.05, 4.69) is 31.0 Å². The zero-order valence-corrected chi connectivity index (χ0v) is 12.4. The lowest BCUT2D eigenvalue weighted by atomic mass is 10.1. The molecule has 106 valence electrons. The molecule has 4 heteroatoms. The van der Waals surface area contributed by atoms with E-state index >= 15 is 0 Å². The molecule has 1 amide bonds. The monoisotopic (exact) mass is 263 g/mol. The van der Waals surface area contributed by atoms with Gasteiger partial charge < -0.3 is 11.1 Å². The van der Waals surface area contributed by atoms with Gasteiger partial charge in [0.15, 0.2) is 0 Å². The number of nitrogens with one attached hydrogen (secondary N) is 1. The number of hydrogen-bond acceptors (Lipinski definition) is 3. The van der Waals surface area contributed by atoms with E-state index in [-0.39, 0.29) is 5.91 Å². The third-order valence-corrected chi connectivity index (χ3v) is 3.49. The Morgan fingerprint density at radius 3 is 2.63 bits per heavy atom. The minimum Gasteiger partial charge on any atom is -0.399 e. The fourth-order valence-corrected chi connectivity index (χ4v) is 2.04. The standard InChI is InChI=1S/C15H25N3O/c1-5-12(4)18(6-2)10-15(19)17-14-8-7-13(16)9-11(14)3/h7-9,12H,5-6,10,16H2,1-4H3,(H,17,19). The van der Waals surface area contributed by atoms with Crippen LogP contribution in [0.3, 0.4) is 0 Å². The van der Waals surface area contributed by atoms with Crippen LogP contribution >= 0.6 is 0 Å². The molecule has 0 aliphatic rings. The summed E-state index contributed by atoms with van der Waals surface area (Å²) < 4.78 is 0. The number of carbonyl (C=O) groups is 1. The van der Waals surface area contributed by atoms with Crippen molar-refractivity contribution in [3.8, 4) is 0 Å². The summed E-state index contributed by atoms with van der Waals surface area (Å²) in [5.74, 6) is 0.0232. The first-order chi connectivity index (χ1) is 8.97. The summed E-state index contributed by atoms with van der Waals surface area (Å²) in [7, 11) is 0. The Bertz CT molecular complexity index is 431. The van der Waals surface area contributed by atoms with Crippen LogP contribution in [-0.2, 0) is 4.79 Å². The molecule has 1 rings (SSSR count). The van der Waals surface area contributed by atoms with Gasteiger partial charge in [-0.2, -0.15) is 0 Å². The van der Waals surface area contributed by atoms with Gasteiger partial charge in [-0.3, -0.25) is 9.69 Å². The topological polar surface area (TPSA) is 58.4 Å². The Labute approximate surface area is 116 Å². The van der Waals surface area contributed by atoms with Gasteiger partial charge in [0.1, 0.15) is 0 Å². The molecule has 3 N–H and O–H groups in total. The molecule has 0 aliphatic carbocycles. The Balaban J connectivity index is 2.64. The fourth-order valence-electron chi connectivity index (χ4n) is 2.04. The summed E-state index contributed by atoms with van der Waals surface area (Å²) >= 11 is 0. The zero-order chi connectivity index (χ0) is 14.4. The summed E-state index contributed by atoms with van der Waals surface area (Å²) in [6.07, 6.45) is 1.04. The number of anilines is 2. The number of nitrogens with zero attached hydrogens (tertiary/aromatic N) is 1. The molecule has 0 spiro atoms. The molecule has 19 heavy (non-hydrogen) atoms. The van der Waals surface area contributed by atoms with Gasteiger partial charge in [-0.15, -0.1) is 0 Å². The van der Waals surface area contributed by atoms with Crippen molar-refractivity contribution in [2.75, 3.05) is 24.1 Å². The summed E-state index contributed by atoms with van der Waals surface area (Å²) in [5, 5.41) is 2.95. The molecule has 0 heterocycles. The Kier molecular flexibility index (Phi) is 5.83. The van der Waals surface area contributed by atoms with Crippen molar-refractivity contribution in [3.63, 3.8) is 0 Å². The second kappa shape index (κ2) is 7.14. The minimum absolute atomic E-state index is 0.0232. The molecule has 0 saturated heterocycles. The Morgan fingerprint density at radius 1 is 1.42 bits per heavy atom. The summed E-state index contributed by atoms with van der Waals surface area (Å²) in [5.41, 5.74) is 8.23. The third-order valence-electron chi connectivity index (χ3n) is 3.49. The van der Waals surface area contributed by atoms with Gasteiger partial charge in [0.25, 0.3) is 0 Å². The van der Waals surface area contributed by atoms with Crippen LogP contribution in [0.5, 0.6) is 0 Å². The highest BCUT2D eigenvalue weighted by atomic mass is 16.2. The molecule has 0 aromatic heterocycles. The SMILES string of the molecule is CCC(C)N(CC)CC(=O)Nc1ccc(N)cc1C. The first-order valence-electron chi connectivity index (χ1n) is 6.87. The van der Waals surface area contributed by atoms with E-state index in [1.165, 1.54) is 0 Å². The molecule has 1 aromatic carbocycles. The van der Waals surface area contributed by atoms with E-state index in [0.29, 0.717) is 18.3 Å². The van der Waals surface area contributed by atoms with E-state index in [4.69, 9.17) is 5.73 Å². The number of hydrogen-bond donors (Lipinski definition) is 2. The molecule has 0 saturated carbocycles. The predicted octanol–water partition coefficient (Wildman–Crippen LogP) is 2.64. The molecule has 4 nitrogen and oxygen atoms in total. The number of amides is 1. The predicted molar refractivity (Wildman–Crippen MR) is 81.2 cm³/mol. The van der Waals surface area contributed by atoms with E-state index in [1.807, 2.05) is 19.1 Å². The van der Waals surface area contributed by atoms with E-state index < -0.39 is 0 Å². The van der Waals surface area contributed by atoms with Crippen LogP contribution in [0.4, 0.5) is 11.4 Å². The van der Waals surface area contributed by atoms with Crippen molar-refractivity contribution in [2.45, 2.75) is 40.2 Å². The zero-order valence-electron chi connectivity index (χ0n) is 12.4. The van der Waals surface area contributed by atoms with Gasteiger partial charge in [0.05, 0.1) is 6.54 Å². The average molecular weight is 263 g/mol. The number of aryl methyl sites for hydroxylation is 1. The van der Waals surface area contributed by atoms with Crippen molar-refractivity contribution in [2.24, 2.45) is 0 Å². The maximum atomic E-state index is 12.1. The van der Waals surface area contributed by atoms with Gasteiger partial charge >= 0.3 is 0 Å². The number of likely N-dealkylation sites (N-methyl/N-ethyl adjacent to an activating group) is 1. The van der Waals surface area contributed by atoms with Crippen molar-refractivity contribution in [1.82, 2.24) is 4.90 Å². The van der Waals surface area contributed by atoms with Gasteiger partial charge in [-0.25, -0.2) is 0 Å². The lowest BCUT2D eigenvalue weighted by Crippen LogP contribution is -2.39. The fraction of sp³-hybridized carbons (Fsp3) is 0.533. The largest absolute Gasteiger partial charge is 0.399 e. The van der Waals surface area contributed by atoms with Gasteiger partial charge in [-0.05, 0) is 50.6 Å². The van der Waals surface area contributed by atoms with Gasteiger partial charge in [0, 0.05) is 17.4 Å². The lowest BCUT2D eigenvalue weighted by molar-refractivity contribution is -0.117. The maximum Gasteiger partial charge on any atom is 0.238 e. The molecule has 0 aliphatic heterocycles. The first kappa shape index (κ1) is 15.5. The van der Waals surface area contributed by atoms with Crippen LogP contribution in [0.2, 0.25) is 0 Å². The van der Waals surface area contributed by atoms with Crippen molar-refractivity contribution < 1.29 is 4.79 Å². The van der Waals surface area contributed by atoms with E-state index in [0.717, 1.165) is 24.2 Å². The van der Waals surface area contributed by atoms with Gasteiger partial charge in [0.2, 0.25) is 5.91 Å². The minimum atomic E-state index is 0.0232. The van der Waals surface area contributed by atoms with Crippen LogP contribution in [0.1, 0.15) is 32.8 Å². The average Bonchev–Trinajstić information content (AvgIpc) is 2.38. The second-order valence-corrected chi connectivity index (χ2v) is 4.94. The number of rotatable bonds is 6. The number of nitrogens with two attached hydrogens (primary N) is 1. The molecule has 1 atom stereocenters. The number of carbonyl (C=O) groups excluding carboxylic acids is 1. The van der Waals surface area contributed by atoms with Crippen molar-refractivity contribution in [3.05, 3.63) is 23.8 Å². The smallest absolute Gasteiger partial charge is 0.238 e. The first-order valence-corrected chi connectivity index (χ1v) is 6.87. The molecule has 1 aromatic rings. The van der Waals surface area contributed by atoms with E-state index in [1.54, 1.807) is 6.07 Å². The quantitative estimate of drug-likeness (QED) is 0.776. The van der Waals surface area contributed by atoms with Crippen LogP contribution in [-0.4, -0.2) is 29.9 Å². The third kappa shape index (κ3) is 4.56. The highest BCUT2D eigenvalue weighted by Crippen LogP contribution is 2.17.